The number of nitrogens with zero attached hydrogens (tertiary/aromatic N) is 6. The molecule has 0 aliphatic heterocycles. The van der Waals surface area contributed by atoms with E-state index in [1.165, 1.54) is 4.90 Å². The minimum Gasteiger partial charge on any atom is -0.339 e. The molecule has 37 heavy (non-hydrogen) atoms. The van der Waals surface area contributed by atoms with E-state index in [1.54, 1.807) is 49.8 Å². The molecule has 0 fully saturated rings. The first-order valence-corrected chi connectivity index (χ1v) is 11.6. The highest BCUT2D eigenvalue weighted by molar-refractivity contribution is 6.02. The zero-order chi connectivity index (χ0) is 25.5. The first-order valence-electron chi connectivity index (χ1n) is 11.6. The molecule has 2 amide bonds. The number of aromatic nitrogens is 6. The Bertz CT molecular complexity index is 1770. The van der Waals surface area contributed by atoms with Crippen LogP contribution in [0.5, 0.6) is 0 Å². The number of benzene rings is 1. The number of nitrogen functional groups attached to an aromatic ring is 1. The molecule has 182 valence electrons. The molecule has 0 saturated carbocycles. The van der Waals surface area contributed by atoms with Gasteiger partial charge in [0.1, 0.15) is 5.69 Å². The summed E-state index contributed by atoms with van der Waals surface area (Å²) in [5, 5.41) is 12.2. The van der Waals surface area contributed by atoms with Crippen LogP contribution < -0.4 is 11.2 Å². The van der Waals surface area contributed by atoms with Gasteiger partial charge in [-0.1, -0.05) is 12.1 Å². The third kappa shape index (κ3) is 3.90. The summed E-state index contributed by atoms with van der Waals surface area (Å²) in [5.41, 5.74) is 7.33. The summed E-state index contributed by atoms with van der Waals surface area (Å²) in [6.45, 7) is 0. The average Bonchev–Trinajstić information content (AvgIpc) is 3.49. The Labute approximate surface area is 211 Å². The molecule has 0 aliphatic rings. The maximum absolute atomic E-state index is 12.1. The zero-order valence-electron chi connectivity index (χ0n) is 20.2. The first-order chi connectivity index (χ1) is 18.0. The second kappa shape index (κ2) is 8.76. The Balaban J connectivity index is 1.45. The molecule has 5 aromatic heterocycles. The van der Waals surface area contributed by atoms with E-state index in [0.29, 0.717) is 17.0 Å². The predicted octanol–water partition coefficient (Wildman–Crippen LogP) is 4.51. The van der Waals surface area contributed by atoms with Gasteiger partial charge in [0.05, 0.1) is 23.1 Å². The number of hydrogen-bond acceptors (Lipinski definition) is 6. The Kier molecular flexibility index (Phi) is 5.26. The van der Waals surface area contributed by atoms with Crippen molar-refractivity contribution in [1.29, 1.82) is 0 Å². The molecule has 5 heterocycles. The second-order valence-electron chi connectivity index (χ2n) is 8.85. The maximum Gasteiger partial charge on any atom is 0.321 e. The number of amides is 2. The van der Waals surface area contributed by atoms with Crippen molar-refractivity contribution in [3.05, 3.63) is 79.5 Å². The topological polar surface area (TPSA) is 131 Å². The summed E-state index contributed by atoms with van der Waals surface area (Å²) in [6.07, 6.45) is 8.64. The van der Waals surface area contributed by atoms with E-state index in [1.807, 2.05) is 42.5 Å². The number of nitrogens with two attached hydrogens (primary N) is 1. The number of anilines is 1. The number of rotatable bonds is 4. The van der Waals surface area contributed by atoms with Crippen LogP contribution >= 0.6 is 0 Å². The van der Waals surface area contributed by atoms with Crippen LogP contribution in [0.1, 0.15) is 0 Å². The molecular formula is C27H23N9O. The van der Waals surface area contributed by atoms with Crippen molar-refractivity contribution < 1.29 is 4.79 Å². The van der Waals surface area contributed by atoms with Gasteiger partial charge < -0.3 is 16.1 Å². The van der Waals surface area contributed by atoms with E-state index in [-0.39, 0.29) is 6.03 Å². The highest BCUT2D eigenvalue weighted by Gasteiger charge is 2.18. The van der Waals surface area contributed by atoms with Gasteiger partial charge >= 0.3 is 6.03 Å². The molecule has 0 bridgehead atoms. The van der Waals surface area contributed by atoms with Crippen molar-refractivity contribution in [2.45, 2.75) is 0 Å². The number of H-pyrrole nitrogens is 1. The highest BCUT2D eigenvalue weighted by Crippen LogP contribution is 2.36. The Hall–Kier alpha value is -5.25. The van der Waals surface area contributed by atoms with E-state index in [2.05, 4.69) is 36.5 Å². The van der Waals surface area contributed by atoms with Crippen molar-refractivity contribution in [1.82, 2.24) is 34.7 Å². The molecule has 0 spiro atoms. The molecule has 0 radical (unpaired) electrons. The third-order valence-corrected chi connectivity index (χ3v) is 6.26. The van der Waals surface area contributed by atoms with Crippen molar-refractivity contribution in [2.75, 3.05) is 25.3 Å². The van der Waals surface area contributed by atoms with Crippen molar-refractivity contribution in [2.24, 2.45) is 0 Å². The Morgan fingerprint density at radius 3 is 2.57 bits per heavy atom. The monoisotopic (exact) mass is 489 g/mol. The lowest BCUT2D eigenvalue weighted by molar-refractivity contribution is 0.230. The maximum atomic E-state index is 12.1. The summed E-state index contributed by atoms with van der Waals surface area (Å²) in [5.74, 6) is 6.58. The smallest absolute Gasteiger partial charge is 0.321 e. The van der Waals surface area contributed by atoms with Gasteiger partial charge in [-0.3, -0.25) is 19.7 Å². The minimum atomic E-state index is -0.230. The van der Waals surface area contributed by atoms with Gasteiger partial charge in [0.25, 0.3) is 0 Å². The summed E-state index contributed by atoms with van der Waals surface area (Å²) in [7, 11) is 3.36. The SMILES string of the molecule is CN(C)C(=O)Nc1cncc(-c2cnc3[nH]nc(-c4cc5c(-c6ccncc6)cccc5n4N)c3c2)c1. The molecule has 1 aromatic carbocycles. The summed E-state index contributed by atoms with van der Waals surface area (Å²) < 4.78 is 1.65. The molecule has 10 heteroatoms. The van der Waals surface area contributed by atoms with Gasteiger partial charge in [-0.2, -0.15) is 5.10 Å². The van der Waals surface area contributed by atoms with Crippen LogP contribution in [0.2, 0.25) is 0 Å². The number of urea groups is 1. The van der Waals surface area contributed by atoms with E-state index in [9.17, 15) is 4.79 Å². The lowest BCUT2D eigenvalue weighted by atomic mass is 10.0. The Morgan fingerprint density at radius 2 is 1.76 bits per heavy atom. The molecule has 0 aliphatic carbocycles. The second-order valence-corrected chi connectivity index (χ2v) is 8.85. The van der Waals surface area contributed by atoms with E-state index in [0.717, 1.165) is 44.2 Å². The van der Waals surface area contributed by atoms with Crippen LogP contribution in [0, 0.1) is 0 Å². The van der Waals surface area contributed by atoms with E-state index in [4.69, 9.17) is 5.84 Å². The summed E-state index contributed by atoms with van der Waals surface area (Å²) in [4.78, 5) is 26.5. The molecule has 0 atom stereocenters. The quantitative estimate of drug-likeness (QED) is 0.312. The van der Waals surface area contributed by atoms with Gasteiger partial charge in [0.15, 0.2) is 5.65 Å². The van der Waals surface area contributed by atoms with Gasteiger partial charge in [0, 0.05) is 60.8 Å². The number of pyridine rings is 3. The summed E-state index contributed by atoms with van der Waals surface area (Å²) >= 11 is 0. The molecule has 0 saturated heterocycles. The fourth-order valence-corrected chi connectivity index (χ4v) is 4.37. The number of fused-ring (bicyclic) bond motifs is 2. The molecule has 6 rings (SSSR count). The summed E-state index contributed by atoms with van der Waals surface area (Å²) in [6, 6.07) is 15.7. The number of carbonyl (C=O) groups excluding carboxylic acids is 1. The fraction of sp³-hybridized carbons (Fsp3) is 0.0741. The van der Waals surface area contributed by atoms with Crippen LogP contribution in [-0.2, 0) is 0 Å². The normalized spacial score (nSPS) is 11.2. The van der Waals surface area contributed by atoms with Crippen LogP contribution in [0.15, 0.2) is 79.5 Å². The zero-order valence-corrected chi connectivity index (χ0v) is 20.2. The van der Waals surface area contributed by atoms with Crippen molar-refractivity contribution in [3.63, 3.8) is 0 Å². The molecule has 4 N–H and O–H groups in total. The third-order valence-electron chi connectivity index (χ3n) is 6.26. The molecular weight excluding hydrogens is 466 g/mol. The van der Waals surface area contributed by atoms with Crippen LogP contribution in [-0.4, -0.2) is 54.9 Å². The number of nitrogens with one attached hydrogen (secondary N) is 2. The largest absolute Gasteiger partial charge is 0.339 e. The van der Waals surface area contributed by atoms with Gasteiger partial charge in [-0.05, 0) is 47.5 Å². The van der Waals surface area contributed by atoms with Crippen molar-refractivity contribution >= 4 is 33.7 Å². The molecule has 10 nitrogen and oxygen atoms in total. The van der Waals surface area contributed by atoms with E-state index >= 15 is 0 Å². The average molecular weight is 490 g/mol. The number of hydrogen-bond donors (Lipinski definition) is 3. The standard InChI is InChI=1S/C27H23N9O/c1-35(2)27(37)32-19-10-17(13-30-15-19)18-11-22-25(33-34-26(22)31-14-18)24-12-21-20(16-6-8-29-9-7-16)4-3-5-23(21)36(24)28/h3-15H,28H2,1-2H3,(H,32,37)(H,31,33,34). The number of carbonyl (C=O) groups is 1. The van der Waals surface area contributed by atoms with E-state index < -0.39 is 0 Å². The lowest BCUT2D eigenvalue weighted by Gasteiger charge is -2.12. The van der Waals surface area contributed by atoms with Gasteiger partial charge in [-0.15, -0.1) is 0 Å². The molecule has 6 aromatic rings. The van der Waals surface area contributed by atoms with Crippen LogP contribution in [0.25, 0.3) is 55.6 Å². The molecule has 0 unspecified atom stereocenters. The minimum absolute atomic E-state index is 0.230. The van der Waals surface area contributed by atoms with Gasteiger partial charge in [0.2, 0.25) is 0 Å². The van der Waals surface area contributed by atoms with Crippen molar-refractivity contribution in [3.8, 4) is 33.6 Å². The number of aromatic amines is 1. The predicted molar refractivity (Wildman–Crippen MR) is 144 cm³/mol. The van der Waals surface area contributed by atoms with Crippen LogP contribution in [0.3, 0.4) is 0 Å². The fourth-order valence-electron chi connectivity index (χ4n) is 4.37. The van der Waals surface area contributed by atoms with Gasteiger partial charge in [-0.25, -0.2) is 9.78 Å². The highest BCUT2D eigenvalue weighted by atomic mass is 16.2. The first kappa shape index (κ1) is 22.2. The van der Waals surface area contributed by atoms with Crippen LogP contribution in [0.4, 0.5) is 10.5 Å². The Morgan fingerprint density at radius 1 is 0.946 bits per heavy atom. The lowest BCUT2D eigenvalue weighted by Crippen LogP contribution is -2.27.